The number of hydrogen-bond donors (Lipinski definition) is 1. The van der Waals surface area contributed by atoms with Crippen LogP contribution in [0.4, 0.5) is 0 Å². The second-order valence-electron chi connectivity index (χ2n) is 4.08. The Hall–Kier alpha value is -0.610. The van der Waals surface area contributed by atoms with Gasteiger partial charge in [-0.3, -0.25) is 9.69 Å². The first-order valence-electron chi connectivity index (χ1n) is 5.24. The van der Waals surface area contributed by atoms with Gasteiger partial charge in [0.15, 0.2) is 0 Å². The van der Waals surface area contributed by atoms with E-state index in [9.17, 15) is 4.79 Å². The van der Waals surface area contributed by atoms with Gasteiger partial charge in [-0.15, -0.1) is 0 Å². The molecule has 0 aliphatic carbocycles. The maximum absolute atomic E-state index is 11.5. The Balaban J connectivity index is 2.35. The van der Waals surface area contributed by atoms with Crippen LogP contribution in [0.1, 0.15) is 19.8 Å². The quantitative estimate of drug-likeness (QED) is 0.693. The fraction of sp³-hybridized carbons (Fsp3) is 0.900. The van der Waals surface area contributed by atoms with Crippen molar-refractivity contribution in [1.82, 2.24) is 9.80 Å². The summed E-state index contributed by atoms with van der Waals surface area (Å²) in [7, 11) is 1.85. The van der Waals surface area contributed by atoms with Gasteiger partial charge in [0.25, 0.3) is 0 Å². The summed E-state index contributed by atoms with van der Waals surface area (Å²) in [6, 6.07) is 0. The van der Waals surface area contributed by atoms with E-state index in [0.717, 1.165) is 32.5 Å². The number of rotatable bonds is 3. The van der Waals surface area contributed by atoms with Gasteiger partial charge in [0.1, 0.15) is 0 Å². The van der Waals surface area contributed by atoms with Gasteiger partial charge in [0, 0.05) is 26.7 Å². The van der Waals surface area contributed by atoms with Crippen molar-refractivity contribution < 1.29 is 9.90 Å². The first-order chi connectivity index (χ1) is 6.59. The van der Waals surface area contributed by atoms with Crippen LogP contribution in [0.15, 0.2) is 0 Å². The monoisotopic (exact) mass is 200 g/mol. The highest BCUT2D eigenvalue weighted by Gasteiger charge is 2.18. The van der Waals surface area contributed by atoms with Crippen molar-refractivity contribution in [3.8, 4) is 0 Å². The molecular weight excluding hydrogens is 180 g/mol. The average molecular weight is 200 g/mol. The molecule has 1 N–H and O–H groups in total. The molecule has 4 nitrogen and oxygen atoms in total. The third kappa shape index (κ3) is 3.64. The number of aliphatic hydroxyl groups is 1. The van der Waals surface area contributed by atoms with Gasteiger partial charge in [-0.05, 0) is 19.8 Å². The maximum atomic E-state index is 11.5. The topological polar surface area (TPSA) is 43.8 Å². The summed E-state index contributed by atoms with van der Waals surface area (Å²) in [6.45, 7) is 4.92. The summed E-state index contributed by atoms with van der Waals surface area (Å²) in [6.07, 6.45) is 1.50. The minimum Gasteiger partial charge on any atom is -0.393 e. The molecule has 0 radical (unpaired) electrons. The normalized spacial score (nSPS) is 22.2. The second kappa shape index (κ2) is 5.32. The Morgan fingerprint density at radius 2 is 2.21 bits per heavy atom. The Morgan fingerprint density at radius 1 is 1.50 bits per heavy atom. The molecule has 1 atom stereocenters. The lowest BCUT2D eigenvalue weighted by Crippen LogP contribution is -2.35. The summed E-state index contributed by atoms with van der Waals surface area (Å²) >= 11 is 0. The van der Waals surface area contributed by atoms with Gasteiger partial charge in [-0.2, -0.15) is 0 Å². The number of hydrogen-bond acceptors (Lipinski definition) is 3. The van der Waals surface area contributed by atoms with Gasteiger partial charge in [-0.25, -0.2) is 0 Å². The average Bonchev–Trinajstić information content (AvgIpc) is 2.26. The van der Waals surface area contributed by atoms with E-state index in [-0.39, 0.29) is 12.0 Å². The van der Waals surface area contributed by atoms with Crippen LogP contribution in [0.5, 0.6) is 0 Å². The fourth-order valence-electron chi connectivity index (χ4n) is 1.61. The smallest absolute Gasteiger partial charge is 0.236 e. The van der Waals surface area contributed by atoms with Gasteiger partial charge in [0.2, 0.25) is 5.91 Å². The predicted octanol–water partition coefficient (Wildman–Crippen LogP) is -0.0786. The van der Waals surface area contributed by atoms with Gasteiger partial charge in [0.05, 0.1) is 12.6 Å². The number of amides is 1. The molecule has 1 aliphatic heterocycles. The third-order valence-electron chi connectivity index (χ3n) is 2.62. The van der Waals surface area contributed by atoms with Crippen LogP contribution in [0.2, 0.25) is 0 Å². The van der Waals surface area contributed by atoms with Crippen LogP contribution in [-0.4, -0.2) is 60.1 Å². The summed E-state index contributed by atoms with van der Waals surface area (Å²) in [5.41, 5.74) is 0. The van der Waals surface area contributed by atoms with Crippen LogP contribution in [0, 0.1) is 0 Å². The molecule has 1 aliphatic rings. The van der Waals surface area contributed by atoms with Crippen LogP contribution in [0.3, 0.4) is 0 Å². The van der Waals surface area contributed by atoms with E-state index in [1.807, 2.05) is 7.05 Å². The van der Waals surface area contributed by atoms with E-state index >= 15 is 0 Å². The molecule has 1 fully saturated rings. The first kappa shape index (κ1) is 11.5. The Bertz CT molecular complexity index is 195. The number of aliphatic hydroxyl groups excluding tert-OH is 1. The number of likely N-dealkylation sites (N-methyl/N-ethyl adjacent to an activating group) is 1. The van der Waals surface area contributed by atoms with Crippen molar-refractivity contribution in [1.29, 1.82) is 0 Å². The van der Waals surface area contributed by atoms with Crippen molar-refractivity contribution in [3.63, 3.8) is 0 Å². The molecule has 1 amide bonds. The highest BCUT2D eigenvalue weighted by molar-refractivity contribution is 5.78. The molecule has 82 valence electrons. The second-order valence-corrected chi connectivity index (χ2v) is 4.08. The Kier molecular flexibility index (Phi) is 4.35. The lowest BCUT2D eigenvalue weighted by molar-refractivity contribution is -0.129. The molecule has 1 heterocycles. The van der Waals surface area contributed by atoms with Crippen molar-refractivity contribution in [2.24, 2.45) is 0 Å². The zero-order valence-electron chi connectivity index (χ0n) is 9.07. The van der Waals surface area contributed by atoms with Crippen molar-refractivity contribution in [2.75, 3.05) is 33.2 Å². The molecular formula is C10H20N2O2. The maximum Gasteiger partial charge on any atom is 0.236 e. The van der Waals surface area contributed by atoms with Gasteiger partial charge >= 0.3 is 0 Å². The van der Waals surface area contributed by atoms with Crippen molar-refractivity contribution >= 4 is 5.91 Å². The Labute approximate surface area is 85.5 Å². The zero-order chi connectivity index (χ0) is 10.6. The van der Waals surface area contributed by atoms with Crippen LogP contribution < -0.4 is 0 Å². The number of carbonyl (C=O) groups excluding carboxylic acids is 1. The highest BCUT2D eigenvalue weighted by Crippen LogP contribution is 2.04. The molecule has 0 aromatic rings. The lowest BCUT2D eigenvalue weighted by Gasteiger charge is -2.19. The molecule has 0 saturated carbocycles. The molecule has 0 bridgehead atoms. The minimum atomic E-state index is -0.272. The highest BCUT2D eigenvalue weighted by atomic mass is 16.3. The summed E-state index contributed by atoms with van der Waals surface area (Å²) in [4.78, 5) is 15.4. The largest absolute Gasteiger partial charge is 0.393 e. The van der Waals surface area contributed by atoms with Crippen LogP contribution >= 0.6 is 0 Å². The molecule has 4 heteroatoms. The van der Waals surface area contributed by atoms with E-state index in [2.05, 4.69) is 4.90 Å². The van der Waals surface area contributed by atoms with Crippen molar-refractivity contribution in [2.45, 2.75) is 25.9 Å². The van der Waals surface area contributed by atoms with E-state index in [1.54, 1.807) is 11.8 Å². The van der Waals surface area contributed by atoms with Crippen LogP contribution in [0.25, 0.3) is 0 Å². The van der Waals surface area contributed by atoms with E-state index < -0.39 is 0 Å². The molecule has 0 aromatic heterocycles. The number of carbonyl (C=O) groups is 1. The summed E-state index contributed by atoms with van der Waals surface area (Å²) < 4.78 is 0. The predicted molar refractivity (Wildman–Crippen MR) is 55.0 cm³/mol. The number of nitrogens with zero attached hydrogens (tertiary/aromatic N) is 2. The SMILES string of the molecule is CC(O)CCN1CCCN(C)C(=O)C1. The van der Waals surface area contributed by atoms with Gasteiger partial charge in [-0.1, -0.05) is 0 Å². The Morgan fingerprint density at radius 3 is 2.86 bits per heavy atom. The van der Waals surface area contributed by atoms with Gasteiger partial charge < -0.3 is 10.0 Å². The molecule has 1 rings (SSSR count). The fourth-order valence-corrected chi connectivity index (χ4v) is 1.61. The third-order valence-corrected chi connectivity index (χ3v) is 2.62. The zero-order valence-corrected chi connectivity index (χ0v) is 9.07. The van der Waals surface area contributed by atoms with E-state index in [1.165, 1.54) is 0 Å². The van der Waals surface area contributed by atoms with Crippen LogP contribution in [-0.2, 0) is 4.79 Å². The molecule has 14 heavy (non-hydrogen) atoms. The summed E-state index contributed by atoms with van der Waals surface area (Å²) in [5.74, 6) is 0.188. The molecule has 1 saturated heterocycles. The minimum absolute atomic E-state index is 0.188. The van der Waals surface area contributed by atoms with E-state index in [4.69, 9.17) is 5.11 Å². The van der Waals surface area contributed by atoms with Crippen molar-refractivity contribution in [3.05, 3.63) is 0 Å². The summed E-state index contributed by atoms with van der Waals surface area (Å²) in [5, 5.41) is 9.15. The molecule has 1 unspecified atom stereocenters. The lowest BCUT2D eigenvalue weighted by atomic mass is 10.2. The van der Waals surface area contributed by atoms with E-state index in [0.29, 0.717) is 6.54 Å². The standard InChI is InChI=1S/C10H20N2O2/c1-9(13)4-7-12-6-3-5-11(2)10(14)8-12/h9,13H,3-8H2,1-2H3. The first-order valence-corrected chi connectivity index (χ1v) is 5.24. The molecule has 0 aromatic carbocycles. The molecule has 0 spiro atoms.